The van der Waals surface area contributed by atoms with E-state index in [4.69, 9.17) is 14.9 Å². The smallest absolute Gasteiger partial charge is 0.308 e. The van der Waals surface area contributed by atoms with Gasteiger partial charge in [0.25, 0.3) is 0 Å². The zero-order valence-electron chi connectivity index (χ0n) is 43.7. The molecule has 0 rings (SSSR count). The van der Waals surface area contributed by atoms with Gasteiger partial charge in [-0.05, 0) is 82.6 Å². The van der Waals surface area contributed by atoms with Crippen LogP contribution >= 0.6 is 12.6 Å². The first-order valence-corrected chi connectivity index (χ1v) is 27.3. The zero-order chi connectivity index (χ0) is 46.6. The van der Waals surface area contributed by atoms with Gasteiger partial charge < -0.3 is 19.8 Å². The van der Waals surface area contributed by atoms with Crippen LogP contribution in [0.2, 0.25) is 6.32 Å². The normalized spacial score (nSPS) is 10.8. The molecule has 5 nitrogen and oxygen atoms in total. The quantitative estimate of drug-likeness (QED) is 0.0250. The first-order chi connectivity index (χ1) is 29.3. The summed E-state index contributed by atoms with van der Waals surface area (Å²) in [7, 11) is 3.37. The average molecular weight is 875 g/mol. The van der Waals surface area contributed by atoms with Crippen LogP contribution in [0, 0.1) is 11.8 Å². The zero-order valence-corrected chi connectivity index (χ0v) is 44.6. The highest BCUT2D eigenvalue weighted by atomic mass is 32.1. The Labute approximate surface area is 388 Å². The lowest BCUT2D eigenvalue weighted by Crippen LogP contribution is -2.29. The second-order valence-corrected chi connectivity index (χ2v) is 17.1. The number of hydrogen-bond donors (Lipinski definition) is 3. The standard InChI is InChI=1S/C28H57BNO3.C10H22S.2C5H12.C4H10.CH4O/c1-4-7-9-11-12-15-21-27(20-14-10-8-5-2)28(32)33-25-19-16-22-29-26-30(6-3)23-17-13-18-24-31;1-3-5-7-10(9-11)8-6-4-2;2*1-3-5-4-2;1-3-4-2;1-2/h27,31H,4-26H2,1-3H3;10-11H,3-9H2,1-2H3;2*3-5H2,1-2H3;3-4H2,1-2H3;2H,1H3. The fourth-order valence-corrected chi connectivity index (χ4v) is 6.71. The maximum atomic E-state index is 12.7. The van der Waals surface area contributed by atoms with Crippen molar-refractivity contribution in [1.82, 2.24) is 4.90 Å². The van der Waals surface area contributed by atoms with Crippen LogP contribution in [0.5, 0.6) is 0 Å². The van der Waals surface area contributed by atoms with Crippen molar-refractivity contribution in [3.05, 3.63) is 0 Å². The Morgan fingerprint density at radius 1 is 0.517 bits per heavy atom. The second kappa shape index (κ2) is 73.2. The van der Waals surface area contributed by atoms with E-state index in [1.807, 2.05) is 0 Å². The Hall–Kier alpha value is -0.235. The Balaban J connectivity index is -0.000000217. The third-order valence-electron chi connectivity index (χ3n) is 10.8. The van der Waals surface area contributed by atoms with E-state index in [0.717, 1.165) is 96.0 Å². The summed E-state index contributed by atoms with van der Waals surface area (Å²) in [5.41, 5.74) is 0. The number of nitrogens with zero attached hydrogens (tertiary/aromatic N) is 1. The molecule has 0 saturated heterocycles. The number of unbranched alkanes of at least 4 members (excludes halogenated alkanes) is 18. The van der Waals surface area contributed by atoms with Crippen molar-refractivity contribution in [1.29, 1.82) is 0 Å². The van der Waals surface area contributed by atoms with Gasteiger partial charge in [0, 0.05) is 13.7 Å². The van der Waals surface area contributed by atoms with Crippen LogP contribution in [0.4, 0.5) is 0 Å². The summed E-state index contributed by atoms with van der Waals surface area (Å²) < 4.78 is 5.70. The first-order valence-electron chi connectivity index (χ1n) is 26.6. The van der Waals surface area contributed by atoms with E-state index in [0.29, 0.717) is 13.2 Å². The Morgan fingerprint density at radius 2 is 0.950 bits per heavy atom. The van der Waals surface area contributed by atoms with Crippen molar-refractivity contribution in [3.8, 4) is 0 Å². The van der Waals surface area contributed by atoms with Crippen LogP contribution in [0.15, 0.2) is 0 Å². The molecule has 0 saturated carbocycles. The van der Waals surface area contributed by atoms with Gasteiger partial charge in [-0.3, -0.25) is 4.79 Å². The van der Waals surface area contributed by atoms with Crippen LogP contribution in [0.3, 0.4) is 0 Å². The van der Waals surface area contributed by atoms with Gasteiger partial charge in [-0.2, -0.15) is 12.6 Å². The third kappa shape index (κ3) is 72.2. The number of carbonyl (C=O) groups is 1. The van der Waals surface area contributed by atoms with E-state index < -0.39 is 0 Å². The molecule has 7 heteroatoms. The number of esters is 1. The van der Waals surface area contributed by atoms with Gasteiger partial charge in [0.2, 0.25) is 0 Å². The van der Waals surface area contributed by atoms with E-state index in [9.17, 15) is 4.79 Å². The molecule has 0 aromatic carbocycles. The third-order valence-corrected chi connectivity index (χ3v) is 11.3. The maximum absolute atomic E-state index is 12.7. The van der Waals surface area contributed by atoms with Gasteiger partial charge >= 0.3 is 5.97 Å². The molecule has 2 N–H and O–H groups in total. The Bertz CT molecular complexity index is 655. The van der Waals surface area contributed by atoms with Gasteiger partial charge in [0.1, 0.15) is 7.28 Å². The van der Waals surface area contributed by atoms with Crippen molar-refractivity contribution < 1.29 is 19.7 Å². The summed E-state index contributed by atoms with van der Waals surface area (Å²) in [6.07, 6.45) is 41.0. The average Bonchev–Trinajstić information content (AvgIpc) is 3.28. The summed E-state index contributed by atoms with van der Waals surface area (Å²) in [5, 5.41) is 15.9. The largest absolute Gasteiger partial charge is 0.465 e. The molecule has 0 aliphatic heterocycles. The van der Waals surface area contributed by atoms with Crippen LogP contribution in [0.1, 0.15) is 275 Å². The molecule has 0 aliphatic carbocycles. The molecule has 0 spiro atoms. The number of hydrogen-bond acceptors (Lipinski definition) is 6. The van der Waals surface area contributed by atoms with E-state index in [1.165, 1.54) is 148 Å². The molecule has 60 heavy (non-hydrogen) atoms. The Kier molecular flexibility index (Phi) is 87.1. The van der Waals surface area contributed by atoms with E-state index >= 15 is 0 Å². The minimum atomic E-state index is 0.0593. The van der Waals surface area contributed by atoms with Crippen molar-refractivity contribution in [2.24, 2.45) is 11.8 Å². The van der Waals surface area contributed by atoms with E-state index in [1.54, 1.807) is 0 Å². The van der Waals surface area contributed by atoms with Gasteiger partial charge in [0.15, 0.2) is 0 Å². The lowest BCUT2D eigenvalue weighted by molar-refractivity contribution is -0.149. The fraction of sp³-hybridized carbons (Fsp3) is 0.981. The predicted octanol–water partition coefficient (Wildman–Crippen LogP) is 16.9. The number of aliphatic hydroxyl groups is 2. The fourth-order valence-electron chi connectivity index (χ4n) is 6.35. The van der Waals surface area contributed by atoms with Crippen LogP contribution in [0.25, 0.3) is 0 Å². The number of ether oxygens (including phenoxy) is 1. The molecule has 1 radical (unpaired) electrons. The van der Waals surface area contributed by atoms with Gasteiger partial charge in [-0.1, -0.05) is 230 Å². The van der Waals surface area contributed by atoms with Crippen LogP contribution in [-0.4, -0.2) is 74.0 Å². The van der Waals surface area contributed by atoms with Gasteiger partial charge in [0.05, 0.1) is 12.5 Å². The molecule has 0 aromatic rings. The van der Waals surface area contributed by atoms with Crippen molar-refractivity contribution >= 4 is 25.9 Å². The summed E-state index contributed by atoms with van der Waals surface area (Å²) in [6, 6.07) is 0. The monoisotopic (exact) mass is 875 g/mol. The molecule has 0 heterocycles. The highest BCUT2D eigenvalue weighted by Gasteiger charge is 2.19. The Morgan fingerprint density at radius 3 is 1.35 bits per heavy atom. The number of carbonyl (C=O) groups excluding carboxylic acids is 1. The van der Waals surface area contributed by atoms with E-state index in [2.05, 4.69) is 101 Å². The molecule has 0 bridgehead atoms. The van der Waals surface area contributed by atoms with Gasteiger partial charge in [-0.15, -0.1) is 0 Å². The summed E-state index contributed by atoms with van der Waals surface area (Å²) in [4.78, 5) is 15.1. The first kappa shape index (κ1) is 71.4. The lowest BCUT2D eigenvalue weighted by atomic mass is 9.72. The van der Waals surface area contributed by atoms with E-state index in [-0.39, 0.29) is 11.9 Å². The van der Waals surface area contributed by atoms with Crippen LogP contribution in [-0.2, 0) is 9.53 Å². The van der Waals surface area contributed by atoms with Crippen molar-refractivity contribution in [2.75, 3.05) is 45.6 Å². The molecule has 1 unspecified atom stereocenters. The topological polar surface area (TPSA) is 70.0 Å². The molecule has 1 atom stereocenters. The minimum Gasteiger partial charge on any atom is -0.465 e. The van der Waals surface area contributed by atoms with Crippen molar-refractivity contribution in [3.63, 3.8) is 0 Å². The molecule has 0 aliphatic rings. The predicted molar refractivity (Wildman–Crippen MR) is 280 cm³/mol. The van der Waals surface area contributed by atoms with Crippen molar-refractivity contribution in [2.45, 2.75) is 282 Å². The molecular weight excluding hydrogens is 757 g/mol. The summed E-state index contributed by atoms with van der Waals surface area (Å²) in [6.45, 7) is 27.5. The summed E-state index contributed by atoms with van der Waals surface area (Å²) in [5.74, 6) is 2.14. The molecule has 0 fully saturated rings. The van der Waals surface area contributed by atoms with Crippen LogP contribution < -0.4 is 0 Å². The molecule has 367 valence electrons. The second-order valence-electron chi connectivity index (χ2n) is 16.8. The number of aliphatic hydroxyl groups excluding tert-OH is 2. The maximum Gasteiger partial charge on any atom is 0.308 e. The molecule has 0 amide bonds. The lowest BCUT2D eigenvalue weighted by Gasteiger charge is -2.20. The SMILES string of the molecule is CCCC.CCCCC.CCCCC.CCCCC(CS)CCCC.CCCCCCCCC(CCCCCC)C(=O)OCCCC[B]CN(CC)CCCCCO.CO. The molecular formula is C53H117BNO4S. The minimum absolute atomic E-state index is 0.0593. The highest BCUT2D eigenvalue weighted by Crippen LogP contribution is 2.21. The highest BCUT2D eigenvalue weighted by molar-refractivity contribution is 7.80. The summed E-state index contributed by atoms with van der Waals surface area (Å²) >= 11 is 4.36. The number of rotatable bonds is 38. The number of thiol groups is 1. The molecule has 0 aromatic heterocycles. The van der Waals surface area contributed by atoms with Gasteiger partial charge in [-0.25, -0.2) is 0 Å².